The molecule has 1 fully saturated rings. The van der Waals surface area contributed by atoms with E-state index in [9.17, 15) is 4.79 Å². The highest BCUT2D eigenvalue weighted by Crippen LogP contribution is 2.12. The molecule has 0 aromatic rings. The highest BCUT2D eigenvalue weighted by molar-refractivity contribution is 5.78. The Morgan fingerprint density at radius 3 is 1.78 bits per heavy atom. The van der Waals surface area contributed by atoms with Gasteiger partial charge in [0.05, 0.1) is 0 Å². The van der Waals surface area contributed by atoms with E-state index in [2.05, 4.69) is 0 Å². The average molecular weight is 130 g/mol. The Bertz CT molecular complexity index is 71.0. The van der Waals surface area contributed by atoms with E-state index >= 15 is 0 Å². The lowest BCUT2D eigenvalue weighted by Gasteiger charge is -2.05. The Morgan fingerprint density at radius 2 is 1.56 bits per heavy atom. The highest BCUT2D eigenvalue weighted by Gasteiger charge is 2.05. The summed E-state index contributed by atoms with van der Waals surface area (Å²) in [6.07, 6.45) is 5.24. The molecule has 0 amide bonds. The minimum Gasteiger partial charge on any atom is -0.400 e. The van der Waals surface area contributed by atoms with E-state index in [0.29, 0.717) is 5.78 Å². The van der Waals surface area contributed by atoms with Crippen LogP contribution < -0.4 is 0 Å². The van der Waals surface area contributed by atoms with Crippen molar-refractivity contribution < 1.29 is 9.90 Å². The van der Waals surface area contributed by atoms with Crippen LogP contribution in [0, 0.1) is 0 Å². The predicted octanol–water partition coefficient (Wildman–Crippen LogP) is 1.13. The third kappa shape index (κ3) is 4.15. The van der Waals surface area contributed by atoms with Crippen LogP contribution >= 0.6 is 0 Å². The summed E-state index contributed by atoms with van der Waals surface area (Å²) in [6.45, 7) is 0. The van der Waals surface area contributed by atoms with Crippen LogP contribution in [-0.2, 0) is 4.79 Å². The first-order chi connectivity index (χ1) is 4.39. The molecule has 0 aliphatic heterocycles. The normalized spacial score (nSPS) is 18.2. The van der Waals surface area contributed by atoms with Gasteiger partial charge in [-0.25, -0.2) is 0 Å². The third-order valence-electron chi connectivity index (χ3n) is 1.41. The molecule has 1 saturated carbocycles. The summed E-state index contributed by atoms with van der Waals surface area (Å²) in [5.41, 5.74) is 0. The average Bonchev–Trinajstić information content (AvgIpc) is 1.94. The van der Waals surface area contributed by atoms with E-state index in [1.165, 1.54) is 6.42 Å². The van der Waals surface area contributed by atoms with Crippen molar-refractivity contribution in [2.45, 2.75) is 32.1 Å². The number of Topliss-reactive ketones (excluding diaryl/α,β-unsaturated/α-hetero) is 1. The topological polar surface area (TPSA) is 37.3 Å². The molecule has 54 valence electrons. The third-order valence-corrected chi connectivity index (χ3v) is 1.41. The molecule has 0 unspecified atom stereocenters. The molecule has 0 saturated heterocycles. The van der Waals surface area contributed by atoms with Gasteiger partial charge in [-0.15, -0.1) is 0 Å². The molecular weight excluding hydrogens is 116 g/mol. The van der Waals surface area contributed by atoms with Crippen LogP contribution in [0.15, 0.2) is 0 Å². The highest BCUT2D eigenvalue weighted by atomic mass is 16.2. The van der Waals surface area contributed by atoms with Crippen LogP contribution in [-0.4, -0.2) is 18.0 Å². The Kier molecular flexibility index (Phi) is 5.52. The molecule has 2 heteroatoms. The fourth-order valence-electron chi connectivity index (χ4n) is 0.946. The minimum atomic E-state index is 0.464. The van der Waals surface area contributed by atoms with Crippen molar-refractivity contribution in [2.24, 2.45) is 0 Å². The van der Waals surface area contributed by atoms with Gasteiger partial charge in [-0.2, -0.15) is 0 Å². The molecule has 0 atom stereocenters. The van der Waals surface area contributed by atoms with Gasteiger partial charge in [0.25, 0.3) is 0 Å². The molecule has 0 radical (unpaired) electrons. The van der Waals surface area contributed by atoms with E-state index in [4.69, 9.17) is 5.11 Å². The van der Waals surface area contributed by atoms with Crippen LogP contribution in [0.25, 0.3) is 0 Å². The number of rotatable bonds is 0. The van der Waals surface area contributed by atoms with Crippen LogP contribution in [0.4, 0.5) is 0 Å². The Hall–Kier alpha value is -0.370. The van der Waals surface area contributed by atoms with Crippen LogP contribution in [0.3, 0.4) is 0 Å². The molecule has 0 aromatic carbocycles. The predicted molar refractivity (Wildman–Crippen MR) is 36.2 cm³/mol. The van der Waals surface area contributed by atoms with Gasteiger partial charge in [0.1, 0.15) is 5.78 Å². The molecule has 2 nitrogen and oxygen atoms in total. The standard InChI is InChI=1S/C6H10O.CH4O/c7-6-4-2-1-3-5-6;1-2/h1-5H2;2H,1H3. The first-order valence-corrected chi connectivity index (χ1v) is 3.36. The van der Waals surface area contributed by atoms with Crippen LogP contribution in [0.1, 0.15) is 32.1 Å². The second-order valence-corrected chi connectivity index (χ2v) is 2.10. The van der Waals surface area contributed by atoms with E-state index in [0.717, 1.165) is 32.8 Å². The second kappa shape index (κ2) is 5.76. The van der Waals surface area contributed by atoms with E-state index in [-0.39, 0.29) is 0 Å². The van der Waals surface area contributed by atoms with Gasteiger partial charge in [0, 0.05) is 20.0 Å². The van der Waals surface area contributed by atoms with E-state index < -0.39 is 0 Å². The number of hydrogen-bond donors (Lipinski definition) is 1. The molecule has 9 heavy (non-hydrogen) atoms. The summed E-state index contributed by atoms with van der Waals surface area (Å²) in [4.78, 5) is 10.5. The van der Waals surface area contributed by atoms with Crippen molar-refractivity contribution in [3.05, 3.63) is 0 Å². The Labute approximate surface area is 55.9 Å². The Balaban J connectivity index is 0.000000291. The molecule has 0 aromatic heterocycles. The van der Waals surface area contributed by atoms with Gasteiger partial charge < -0.3 is 5.11 Å². The van der Waals surface area contributed by atoms with Gasteiger partial charge in [-0.3, -0.25) is 4.79 Å². The lowest BCUT2D eigenvalue weighted by atomic mass is 10.00. The van der Waals surface area contributed by atoms with Crippen molar-refractivity contribution >= 4 is 5.78 Å². The zero-order valence-corrected chi connectivity index (χ0v) is 5.89. The molecule has 1 N–H and O–H groups in total. The molecule has 0 spiro atoms. The molecule has 0 bridgehead atoms. The van der Waals surface area contributed by atoms with Crippen LogP contribution in [0.5, 0.6) is 0 Å². The SMILES string of the molecule is CO.O=C1CCCCC1. The molecule has 1 rings (SSSR count). The van der Waals surface area contributed by atoms with Crippen LogP contribution in [0.2, 0.25) is 0 Å². The molecular formula is C7H14O2. The summed E-state index contributed by atoms with van der Waals surface area (Å²) in [6, 6.07) is 0. The van der Waals surface area contributed by atoms with Crippen molar-refractivity contribution in [1.82, 2.24) is 0 Å². The molecule has 1 aliphatic carbocycles. The second-order valence-electron chi connectivity index (χ2n) is 2.10. The maximum atomic E-state index is 10.5. The maximum Gasteiger partial charge on any atom is 0.132 e. The van der Waals surface area contributed by atoms with Crippen molar-refractivity contribution in [3.63, 3.8) is 0 Å². The van der Waals surface area contributed by atoms with Gasteiger partial charge in [0.15, 0.2) is 0 Å². The fraction of sp³-hybridized carbons (Fsp3) is 0.857. The largest absolute Gasteiger partial charge is 0.400 e. The number of hydrogen-bond acceptors (Lipinski definition) is 2. The first-order valence-electron chi connectivity index (χ1n) is 3.36. The number of aliphatic hydroxyl groups excluding tert-OH is 1. The number of ketones is 1. The van der Waals surface area contributed by atoms with Gasteiger partial charge in [0.2, 0.25) is 0 Å². The number of carbonyl (C=O) groups excluding carboxylic acids is 1. The van der Waals surface area contributed by atoms with Crippen molar-refractivity contribution in [3.8, 4) is 0 Å². The quantitative estimate of drug-likeness (QED) is 0.533. The zero-order valence-electron chi connectivity index (χ0n) is 5.89. The smallest absolute Gasteiger partial charge is 0.132 e. The fourth-order valence-corrected chi connectivity index (χ4v) is 0.946. The summed E-state index contributed by atoms with van der Waals surface area (Å²) in [5.74, 6) is 0.464. The lowest BCUT2D eigenvalue weighted by Crippen LogP contribution is -2.02. The minimum absolute atomic E-state index is 0.464. The summed E-state index contributed by atoms with van der Waals surface area (Å²) in [5, 5.41) is 7.00. The maximum absolute atomic E-state index is 10.5. The number of aliphatic hydroxyl groups is 1. The molecule has 0 heterocycles. The zero-order chi connectivity index (χ0) is 7.11. The Morgan fingerprint density at radius 1 is 1.11 bits per heavy atom. The van der Waals surface area contributed by atoms with Gasteiger partial charge in [-0.05, 0) is 12.8 Å². The summed E-state index contributed by atoms with van der Waals surface area (Å²) >= 11 is 0. The number of carbonyl (C=O) groups is 1. The monoisotopic (exact) mass is 130 g/mol. The summed E-state index contributed by atoms with van der Waals surface area (Å²) < 4.78 is 0. The molecule has 1 aliphatic rings. The van der Waals surface area contributed by atoms with E-state index in [1.807, 2.05) is 0 Å². The summed E-state index contributed by atoms with van der Waals surface area (Å²) in [7, 11) is 1.00. The van der Waals surface area contributed by atoms with Crippen molar-refractivity contribution in [1.29, 1.82) is 0 Å². The van der Waals surface area contributed by atoms with Gasteiger partial charge in [-0.1, -0.05) is 6.42 Å². The van der Waals surface area contributed by atoms with Gasteiger partial charge >= 0.3 is 0 Å². The first kappa shape index (κ1) is 8.63. The van der Waals surface area contributed by atoms with Crippen molar-refractivity contribution in [2.75, 3.05) is 7.11 Å². The lowest BCUT2D eigenvalue weighted by molar-refractivity contribution is -0.120. The van der Waals surface area contributed by atoms with E-state index in [1.54, 1.807) is 0 Å².